The van der Waals surface area contributed by atoms with E-state index in [-0.39, 0.29) is 17.0 Å². The van der Waals surface area contributed by atoms with Crippen molar-refractivity contribution < 1.29 is 18.3 Å². The summed E-state index contributed by atoms with van der Waals surface area (Å²) in [5.74, 6) is -1.34. The summed E-state index contributed by atoms with van der Waals surface area (Å²) < 4.78 is 32.5. The lowest BCUT2D eigenvalue weighted by Crippen LogP contribution is -2.16. The Hall–Kier alpha value is -3.55. The second-order valence-corrected chi connectivity index (χ2v) is 5.44. The van der Waals surface area contributed by atoms with Gasteiger partial charge in [-0.05, 0) is 48.9 Å². The molecule has 0 aliphatic rings. The molecule has 3 rings (SSSR count). The average molecular weight is 357 g/mol. The molecule has 132 valence electrons. The van der Waals surface area contributed by atoms with Crippen LogP contribution in [0.25, 0.3) is 0 Å². The largest absolute Gasteiger partial charge is 0.456 e. The van der Waals surface area contributed by atoms with Gasteiger partial charge in [-0.3, -0.25) is 9.59 Å². The Kier molecular flexibility index (Phi) is 4.74. The Balaban J connectivity index is 1.92. The fraction of sp³-hybridized carbons (Fsp3) is 0.0556. The second kappa shape index (κ2) is 7.14. The van der Waals surface area contributed by atoms with Crippen molar-refractivity contribution in [1.82, 2.24) is 10.2 Å². The molecule has 26 heavy (non-hydrogen) atoms. The predicted molar refractivity (Wildman–Crippen MR) is 90.4 cm³/mol. The monoisotopic (exact) mass is 357 g/mol. The van der Waals surface area contributed by atoms with Gasteiger partial charge in [0, 0.05) is 6.07 Å². The number of nitrogens with zero attached hydrogens (tertiary/aromatic N) is 1. The summed E-state index contributed by atoms with van der Waals surface area (Å²) in [6, 6.07) is 8.48. The number of H-pyrrole nitrogens is 1. The lowest BCUT2D eigenvalue weighted by atomic mass is 10.1. The van der Waals surface area contributed by atoms with Crippen molar-refractivity contribution in [1.29, 1.82) is 0 Å². The molecule has 0 aliphatic carbocycles. The number of halogens is 2. The van der Waals surface area contributed by atoms with Gasteiger partial charge in [0.2, 0.25) is 0 Å². The molecule has 2 aromatic carbocycles. The summed E-state index contributed by atoms with van der Waals surface area (Å²) in [5, 5.41) is 8.19. The number of hydrogen-bond acceptors (Lipinski definition) is 4. The molecule has 0 saturated heterocycles. The number of aromatic amines is 1. The SMILES string of the molecule is Cc1cc(F)ccc1Oc1ccc(F)cc1C(=O)Nc1cn[nH]c(=O)c1. The molecule has 2 N–H and O–H groups in total. The molecule has 6 nitrogen and oxygen atoms in total. The molecule has 0 spiro atoms. The van der Waals surface area contributed by atoms with Gasteiger partial charge in [-0.2, -0.15) is 5.10 Å². The second-order valence-electron chi connectivity index (χ2n) is 5.44. The Bertz CT molecular complexity index is 1030. The van der Waals surface area contributed by atoms with E-state index in [4.69, 9.17) is 4.74 Å². The molecule has 0 bridgehead atoms. The van der Waals surface area contributed by atoms with Crippen molar-refractivity contribution in [3.05, 3.63) is 81.8 Å². The molecule has 0 atom stereocenters. The number of benzene rings is 2. The van der Waals surface area contributed by atoms with E-state index >= 15 is 0 Å². The molecule has 0 radical (unpaired) electrons. The van der Waals surface area contributed by atoms with Crippen LogP contribution < -0.4 is 15.6 Å². The smallest absolute Gasteiger partial charge is 0.266 e. The maximum atomic E-state index is 13.6. The number of carbonyl (C=O) groups excluding carboxylic acids is 1. The van der Waals surface area contributed by atoms with E-state index in [0.717, 1.165) is 18.2 Å². The normalized spacial score (nSPS) is 10.4. The molecule has 0 aliphatic heterocycles. The van der Waals surface area contributed by atoms with E-state index in [0.29, 0.717) is 11.3 Å². The zero-order chi connectivity index (χ0) is 18.7. The number of anilines is 1. The van der Waals surface area contributed by atoms with Crippen LogP contribution in [0, 0.1) is 18.6 Å². The van der Waals surface area contributed by atoms with Crippen molar-refractivity contribution in [2.24, 2.45) is 0 Å². The van der Waals surface area contributed by atoms with E-state index < -0.39 is 23.1 Å². The topological polar surface area (TPSA) is 84.1 Å². The minimum Gasteiger partial charge on any atom is -0.456 e. The van der Waals surface area contributed by atoms with Gasteiger partial charge < -0.3 is 10.1 Å². The standard InChI is InChI=1S/C18H13F2N3O3/c1-10-6-11(19)2-4-15(10)26-16-5-3-12(20)7-14(16)18(25)22-13-8-17(24)23-21-9-13/h2-9H,1H3,(H2,22,23,24,25). The van der Waals surface area contributed by atoms with Crippen LogP contribution in [-0.4, -0.2) is 16.1 Å². The van der Waals surface area contributed by atoms with Gasteiger partial charge in [0.15, 0.2) is 0 Å². The average Bonchev–Trinajstić information content (AvgIpc) is 2.58. The van der Waals surface area contributed by atoms with Crippen molar-refractivity contribution in [3.63, 3.8) is 0 Å². The van der Waals surface area contributed by atoms with Crippen LogP contribution in [0.2, 0.25) is 0 Å². The minimum absolute atomic E-state index is 0.0800. The number of amides is 1. The first-order valence-electron chi connectivity index (χ1n) is 7.52. The fourth-order valence-corrected chi connectivity index (χ4v) is 2.26. The fourth-order valence-electron chi connectivity index (χ4n) is 2.26. The first kappa shape index (κ1) is 17.3. The van der Waals surface area contributed by atoms with Gasteiger partial charge in [-0.15, -0.1) is 0 Å². The van der Waals surface area contributed by atoms with E-state index in [2.05, 4.69) is 15.5 Å². The number of rotatable bonds is 4. The Morgan fingerprint density at radius 1 is 1.08 bits per heavy atom. The molecule has 1 heterocycles. The zero-order valence-corrected chi connectivity index (χ0v) is 13.5. The molecule has 0 unspecified atom stereocenters. The molecule has 0 saturated carbocycles. The minimum atomic E-state index is -0.688. The maximum absolute atomic E-state index is 13.6. The number of carbonyl (C=O) groups is 1. The highest BCUT2D eigenvalue weighted by molar-refractivity contribution is 6.06. The van der Waals surface area contributed by atoms with Crippen LogP contribution in [0.1, 0.15) is 15.9 Å². The number of nitrogens with one attached hydrogen (secondary N) is 2. The molecule has 0 fully saturated rings. The van der Waals surface area contributed by atoms with Crippen molar-refractivity contribution in [2.75, 3.05) is 5.32 Å². The summed E-state index contributed by atoms with van der Waals surface area (Å²) >= 11 is 0. The highest BCUT2D eigenvalue weighted by atomic mass is 19.1. The van der Waals surface area contributed by atoms with Crippen molar-refractivity contribution >= 4 is 11.6 Å². The van der Waals surface area contributed by atoms with E-state index in [1.54, 1.807) is 6.92 Å². The first-order chi connectivity index (χ1) is 12.4. The van der Waals surface area contributed by atoms with Gasteiger partial charge in [0.1, 0.15) is 23.1 Å². The highest BCUT2D eigenvalue weighted by Crippen LogP contribution is 2.29. The molecular weight excluding hydrogens is 344 g/mol. The number of aryl methyl sites for hydroxylation is 1. The van der Waals surface area contributed by atoms with Gasteiger partial charge in [-0.1, -0.05) is 0 Å². The third kappa shape index (κ3) is 3.92. The summed E-state index contributed by atoms with van der Waals surface area (Å²) in [4.78, 5) is 23.7. The van der Waals surface area contributed by atoms with Crippen LogP contribution in [-0.2, 0) is 0 Å². The van der Waals surface area contributed by atoms with Crippen molar-refractivity contribution in [3.8, 4) is 11.5 Å². The maximum Gasteiger partial charge on any atom is 0.266 e. The highest BCUT2D eigenvalue weighted by Gasteiger charge is 2.16. The lowest BCUT2D eigenvalue weighted by molar-refractivity contribution is 0.102. The zero-order valence-electron chi connectivity index (χ0n) is 13.5. The third-order valence-electron chi connectivity index (χ3n) is 3.47. The molecule has 3 aromatic rings. The van der Waals surface area contributed by atoms with Crippen LogP contribution in [0.15, 0.2) is 53.5 Å². The van der Waals surface area contributed by atoms with Crippen molar-refractivity contribution in [2.45, 2.75) is 6.92 Å². The molecule has 1 amide bonds. The van der Waals surface area contributed by atoms with Gasteiger partial charge in [0.05, 0.1) is 17.4 Å². The van der Waals surface area contributed by atoms with Crippen LogP contribution in [0.5, 0.6) is 11.5 Å². The molecule has 1 aromatic heterocycles. The van der Waals surface area contributed by atoms with Crippen LogP contribution in [0.4, 0.5) is 14.5 Å². The number of hydrogen-bond donors (Lipinski definition) is 2. The third-order valence-corrected chi connectivity index (χ3v) is 3.47. The van der Waals surface area contributed by atoms with Gasteiger partial charge in [0.25, 0.3) is 11.5 Å². The molecule has 8 heteroatoms. The van der Waals surface area contributed by atoms with E-state index in [9.17, 15) is 18.4 Å². The Morgan fingerprint density at radius 2 is 1.77 bits per heavy atom. The van der Waals surface area contributed by atoms with E-state index in [1.807, 2.05) is 0 Å². The summed E-state index contributed by atoms with van der Waals surface area (Å²) in [5.41, 5.74) is 0.0702. The summed E-state index contributed by atoms with van der Waals surface area (Å²) in [6.45, 7) is 1.64. The Morgan fingerprint density at radius 3 is 2.46 bits per heavy atom. The number of aromatic nitrogens is 2. The summed E-state index contributed by atoms with van der Waals surface area (Å²) in [6.07, 6.45) is 1.24. The van der Waals surface area contributed by atoms with Gasteiger partial charge in [-0.25, -0.2) is 13.9 Å². The predicted octanol–water partition coefficient (Wildman–Crippen LogP) is 3.40. The quantitative estimate of drug-likeness (QED) is 0.750. The lowest BCUT2D eigenvalue weighted by Gasteiger charge is -2.13. The number of ether oxygens (including phenoxy) is 1. The van der Waals surface area contributed by atoms with E-state index in [1.165, 1.54) is 30.5 Å². The van der Waals surface area contributed by atoms with Crippen LogP contribution in [0.3, 0.4) is 0 Å². The van der Waals surface area contributed by atoms with Crippen LogP contribution >= 0.6 is 0 Å². The van der Waals surface area contributed by atoms with Gasteiger partial charge >= 0.3 is 0 Å². The Labute approximate surface area is 146 Å². The summed E-state index contributed by atoms with van der Waals surface area (Å²) in [7, 11) is 0. The first-order valence-corrected chi connectivity index (χ1v) is 7.52. The molecular formula is C18H13F2N3O3.